The fourth-order valence-corrected chi connectivity index (χ4v) is 3.99. The maximum absolute atomic E-state index is 13.5. The molecule has 0 saturated carbocycles. The van der Waals surface area contributed by atoms with Gasteiger partial charge in [0.05, 0.1) is 30.4 Å². The molecular weight excluding hydrogens is 430 g/mol. The van der Waals surface area contributed by atoms with Gasteiger partial charge < -0.3 is 10.1 Å². The highest BCUT2D eigenvalue weighted by Gasteiger charge is 2.20. The van der Waals surface area contributed by atoms with Crippen LogP contribution in [0.1, 0.15) is 27.3 Å². The summed E-state index contributed by atoms with van der Waals surface area (Å²) in [5.41, 5.74) is 4.65. The third kappa shape index (κ3) is 3.79. The molecule has 0 aliphatic rings. The average Bonchev–Trinajstić information content (AvgIpc) is 3.29. The molecule has 8 heteroatoms. The van der Waals surface area contributed by atoms with Crippen molar-refractivity contribution in [1.29, 1.82) is 0 Å². The maximum Gasteiger partial charge on any atom is 0.296 e. The number of hydrogen-bond donors (Lipinski definition) is 1. The first-order valence-electron chi connectivity index (χ1n) is 10.8. The van der Waals surface area contributed by atoms with Crippen molar-refractivity contribution in [1.82, 2.24) is 19.2 Å². The molecule has 0 unspecified atom stereocenters. The summed E-state index contributed by atoms with van der Waals surface area (Å²) in [5.74, 6) is -0.101. The molecule has 5 rings (SSSR count). The average molecular weight is 454 g/mol. The largest absolute Gasteiger partial charge is 0.495 e. The third-order valence-corrected chi connectivity index (χ3v) is 5.68. The molecule has 0 radical (unpaired) electrons. The molecule has 2 aromatic heterocycles. The number of nitrogens with zero attached hydrogens (tertiary/aromatic N) is 4. The summed E-state index contributed by atoms with van der Waals surface area (Å²) in [5, 5.41) is 7.19. The number of ether oxygens (including phenoxy) is 1. The van der Waals surface area contributed by atoms with Crippen LogP contribution in [0.3, 0.4) is 0 Å². The first kappa shape index (κ1) is 21.4. The van der Waals surface area contributed by atoms with E-state index in [1.807, 2.05) is 68.4 Å². The van der Waals surface area contributed by atoms with Gasteiger partial charge in [0.2, 0.25) is 11.5 Å². The number of methoxy groups -OCH3 is 1. The summed E-state index contributed by atoms with van der Waals surface area (Å²) >= 11 is 0. The summed E-state index contributed by atoms with van der Waals surface area (Å²) in [4.78, 5) is 30.8. The predicted molar refractivity (Wildman–Crippen MR) is 131 cm³/mol. The highest BCUT2D eigenvalue weighted by molar-refractivity contribution is 6.03. The van der Waals surface area contributed by atoms with E-state index >= 15 is 0 Å². The number of hydrogen-bond acceptors (Lipinski definition) is 5. The summed E-state index contributed by atoms with van der Waals surface area (Å²) in [6, 6.07) is 21.0. The van der Waals surface area contributed by atoms with Gasteiger partial charge in [-0.05, 0) is 54.8 Å². The van der Waals surface area contributed by atoms with Crippen molar-refractivity contribution < 1.29 is 9.53 Å². The smallest absolute Gasteiger partial charge is 0.296 e. The molecule has 0 atom stereocenters. The van der Waals surface area contributed by atoms with Crippen molar-refractivity contribution in [3.05, 3.63) is 99.6 Å². The lowest BCUT2D eigenvalue weighted by Crippen LogP contribution is -2.24. The molecule has 34 heavy (non-hydrogen) atoms. The van der Waals surface area contributed by atoms with Crippen LogP contribution in [0.2, 0.25) is 0 Å². The Morgan fingerprint density at radius 1 is 0.971 bits per heavy atom. The van der Waals surface area contributed by atoms with Crippen molar-refractivity contribution in [2.45, 2.75) is 20.4 Å². The number of anilines is 1. The van der Waals surface area contributed by atoms with Gasteiger partial charge in [0.15, 0.2) is 0 Å². The molecule has 0 aliphatic carbocycles. The molecule has 1 N–H and O–H groups in total. The van der Waals surface area contributed by atoms with Crippen LogP contribution in [0.4, 0.5) is 5.69 Å². The highest BCUT2D eigenvalue weighted by atomic mass is 16.5. The number of aryl methyl sites for hydroxylation is 2. The minimum atomic E-state index is -0.526. The highest BCUT2D eigenvalue weighted by Crippen LogP contribution is 2.25. The lowest BCUT2D eigenvalue weighted by atomic mass is 10.2. The second kappa shape index (κ2) is 8.47. The normalized spacial score (nSPS) is 11.1. The molecule has 3 aromatic carbocycles. The Kier molecular flexibility index (Phi) is 5.33. The van der Waals surface area contributed by atoms with Gasteiger partial charge >= 0.3 is 0 Å². The van der Waals surface area contributed by atoms with Crippen LogP contribution in [0.25, 0.3) is 16.7 Å². The van der Waals surface area contributed by atoms with Crippen LogP contribution in [0, 0.1) is 13.8 Å². The zero-order chi connectivity index (χ0) is 23.8. The quantitative estimate of drug-likeness (QED) is 0.435. The van der Waals surface area contributed by atoms with Gasteiger partial charge in [-0.15, -0.1) is 5.10 Å². The van der Waals surface area contributed by atoms with Crippen LogP contribution in [-0.2, 0) is 6.54 Å². The van der Waals surface area contributed by atoms with Gasteiger partial charge in [-0.25, -0.2) is 4.52 Å². The Balaban J connectivity index is 1.64. The number of benzene rings is 3. The predicted octanol–water partition coefficient (Wildman–Crippen LogP) is 3.97. The molecule has 1 amide bonds. The topological polar surface area (TPSA) is 90.5 Å². The van der Waals surface area contributed by atoms with E-state index in [1.54, 1.807) is 16.7 Å². The fraction of sp³-hybridized carbons (Fsp3) is 0.154. The van der Waals surface area contributed by atoms with Crippen molar-refractivity contribution in [2.75, 3.05) is 12.4 Å². The molecule has 8 nitrogen and oxygen atoms in total. The van der Waals surface area contributed by atoms with E-state index in [0.29, 0.717) is 23.5 Å². The third-order valence-electron chi connectivity index (χ3n) is 5.68. The van der Waals surface area contributed by atoms with Gasteiger partial charge in [-0.1, -0.05) is 42.5 Å². The number of carbonyl (C=O) groups is 1. The zero-order valence-corrected chi connectivity index (χ0v) is 19.1. The van der Waals surface area contributed by atoms with E-state index in [1.165, 1.54) is 11.6 Å². The number of fused-ring (bicyclic) bond motifs is 3. The van der Waals surface area contributed by atoms with Crippen LogP contribution < -0.4 is 15.6 Å². The van der Waals surface area contributed by atoms with E-state index in [0.717, 1.165) is 22.2 Å². The summed E-state index contributed by atoms with van der Waals surface area (Å²) in [7, 11) is 1.53. The van der Waals surface area contributed by atoms with E-state index in [-0.39, 0.29) is 17.0 Å². The lowest BCUT2D eigenvalue weighted by Gasteiger charge is -2.12. The van der Waals surface area contributed by atoms with E-state index in [2.05, 4.69) is 15.4 Å². The van der Waals surface area contributed by atoms with Gasteiger partial charge in [-0.2, -0.15) is 4.98 Å². The Hall–Kier alpha value is -4.46. The monoisotopic (exact) mass is 453 g/mol. The first-order chi connectivity index (χ1) is 16.4. The maximum atomic E-state index is 13.5. The van der Waals surface area contributed by atoms with Gasteiger partial charge in [-0.3, -0.25) is 14.2 Å². The summed E-state index contributed by atoms with van der Waals surface area (Å²) in [6.07, 6.45) is 0. The minimum Gasteiger partial charge on any atom is -0.495 e. The number of nitrogens with one attached hydrogen (secondary N) is 1. The molecule has 0 spiro atoms. The summed E-state index contributed by atoms with van der Waals surface area (Å²) < 4.78 is 8.46. The van der Waals surface area contributed by atoms with Gasteiger partial charge in [0, 0.05) is 0 Å². The van der Waals surface area contributed by atoms with Gasteiger partial charge in [0.1, 0.15) is 5.75 Å². The van der Waals surface area contributed by atoms with Crippen molar-refractivity contribution in [3.8, 4) is 5.75 Å². The Bertz CT molecular complexity index is 1600. The van der Waals surface area contributed by atoms with Crippen LogP contribution >= 0.6 is 0 Å². The van der Waals surface area contributed by atoms with E-state index in [4.69, 9.17) is 4.74 Å². The first-order valence-corrected chi connectivity index (χ1v) is 10.8. The molecule has 0 bridgehead atoms. The number of amides is 1. The number of carbonyl (C=O) groups excluding carboxylic acids is 1. The lowest BCUT2D eigenvalue weighted by molar-refractivity contribution is 0.101. The van der Waals surface area contributed by atoms with Crippen LogP contribution in [0.5, 0.6) is 5.75 Å². The standard InChI is InChI=1S/C26H23N5O3/c1-16-10-12-22(34-3)19(13-16)27-25(32)23-28-24-26(33)30(15-18-7-5-4-6-8-18)21-14-17(2)9-11-20(21)31(24)29-23/h4-14H,15H2,1-3H3,(H,27,32). The minimum absolute atomic E-state index is 0.0913. The fourth-order valence-electron chi connectivity index (χ4n) is 3.99. The van der Waals surface area contributed by atoms with E-state index in [9.17, 15) is 9.59 Å². The van der Waals surface area contributed by atoms with Crippen LogP contribution in [0.15, 0.2) is 71.5 Å². The number of rotatable bonds is 5. The summed E-state index contributed by atoms with van der Waals surface area (Å²) in [6.45, 7) is 4.27. The van der Waals surface area contributed by atoms with Crippen LogP contribution in [-0.4, -0.2) is 32.2 Å². The second-order valence-corrected chi connectivity index (χ2v) is 8.20. The Morgan fingerprint density at radius 2 is 1.71 bits per heavy atom. The molecule has 170 valence electrons. The second-order valence-electron chi connectivity index (χ2n) is 8.20. The van der Waals surface area contributed by atoms with Crippen molar-refractivity contribution in [2.24, 2.45) is 0 Å². The molecule has 5 aromatic rings. The molecule has 0 fully saturated rings. The van der Waals surface area contributed by atoms with E-state index < -0.39 is 5.91 Å². The Morgan fingerprint density at radius 3 is 2.47 bits per heavy atom. The zero-order valence-electron chi connectivity index (χ0n) is 19.1. The SMILES string of the molecule is COc1ccc(C)cc1NC(=O)c1nc2c(=O)n(Cc3ccccc3)c3cc(C)ccc3n2n1. The molecule has 2 heterocycles. The molecule has 0 aliphatic heterocycles. The van der Waals surface area contributed by atoms with Gasteiger partial charge in [0.25, 0.3) is 11.5 Å². The van der Waals surface area contributed by atoms with Crippen molar-refractivity contribution >= 4 is 28.3 Å². The Labute approximate surface area is 195 Å². The number of aromatic nitrogens is 4. The van der Waals surface area contributed by atoms with Crippen molar-refractivity contribution in [3.63, 3.8) is 0 Å². The molecule has 0 saturated heterocycles. The molecular formula is C26H23N5O3.